The summed E-state index contributed by atoms with van der Waals surface area (Å²) < 4.78 is 153. The molecule has 142 heavy (non-hydrogen) atoms. The lowest BCUT2D eigenvalue weighted by Crippen LogP contribution is -2.34. The lowest BCUT2D eigenvalue weighted by Gasteiger charge is -2.22. The summed E-state index contributed by atoms with van der Waals surface area (Å²) in [6.07, 6.45) is 9.02. The average molecular weight is 2050 g/mol. The first-order chi connectivity index (χ1) is 69.9. The van der Waals surface area contributed by atoms with Crippen LogP contribution in [0.25, 0.3) is 41.8 Å². The number of aromatic nitrogens is 6. The van der Waals surface area contributed by atoms with Crippen molar-refractivity contribution in [3.8, 4) is 12.3 Å². The molecule has 824 valence electrons. The molecule has 0 radical (unpaired) electrons. The van der Waals surface area contributed by atoms with E-state index in [0.717, 1.165) is 31.0 Å². The van der Waals surface area contributed by atoms with Crippen LogP contribution in [0.3, 0.4) is 0 Å². The number of rotatable bonds is 108. The van der Waals surface area contributed by atoms with Crippen LogP contribution in [0.2, 0.25) is 0 Å². The summed E-state index contributed by atoms with van der Waals surface area (Å²) in [6, 6.07) is 0. The van der Waals surface area contributed by atoms with Gasteiger partial charge in [-0.25, -0.2) is 9.36 Å². The van der Waals surface area contributed by atoms with Crippen molar-refractivity contribution < 1.29 is 147 Å². The molecule has 0 aliphatic carbocycles. The second-order valence-corrected chi connectivity index (χ2v) is 28.4. The quantitative estimate of drug-likeness (QED) is 0.0243. The Kier molecular flexibility index (Phi) is 119. The van der Waals surface area contributed by atoms with Gasteiger partial charge in [-0.2, -0.15) is 0 Å². The Morgan fingerprint density at radius 2 is 0.465 bits per heavy atom. The topological polar surface area (TPSA) is 637 Å². The van der Waals surface area contributed by atoms with E-state index in [1.165, 1.54) is 7.05 Å². The van der Waals surface area contributed by atoms with Gasteiger partial charge >= 0.3 is 5.97 Å². The number of carbonyl (C=O) groups excluding carboxylic acids is 2. The Morgan fingerprint density at radius 1 is 0.310 bits per heavy atom. The number of nitrogens with zero attached hydrogens (tertiary/aromatic N) is 21. The number of ether oxygens (including phenoxy) is 27. The molecule has 5 N–H and O–H groups in total. The van der Waals surface area contributed by atoms with Gasteiger partial charge in [0.05, 0.1) is 388 Å². The average Bonchev–Trinajstić information content (AvgIpc) is 1.81. The number of carbonyl (C=O) groups is 3. The number of nitrogens with one attached hydrogen (secondary N) is 2. The van der Waals surface area contributed by atoms with E-state index in [0.29, 0.717) is 442 Å². The van der Waals surface area contributed by atoms with Gasteiger partial charge in [0.1, 0.15) is 0 Å². The van der Waals surface area contributed by atoms with Crippen molar-refractivity contribution in [1.82, 2.24) is 55.3 Å². The number of hydrogen-bond donors (Lipinski definition) is 4. The molecule has 0 fully saturated rings. The largest absolute Gasteiger partial charge is 0.481 e. The highest BCUT2D eigenvalue weighted by Gasteiger charge is 2.12. The standard InChI is InChI=1S/C32H60N8O10.C26H52N8O10.C25H49N7O11.C3H4.CH5N/c1-30-28-39(36-34-30)8-14-46-20-26-49-24-18-44-12-6-38(5-11-43-17-23-48-22-16-42-10-4-32(41)33-3)7-13-45-19-25-50-27-21-47-15-9-40-29-31(2)35-37-40;1-29-26(35)2-8-36-14-20-42-23-17-39-11-5-34(6-12-40-18-24-43-21-15-37-9-3-30-32-27)7-13-41-19-25-44-22-16-38-10-4-31-33-28;26-30-28-2-8-36-14-20-42-23-17-39-11-5-32(4-10-38-16-22-41-19-13-35-7-1-25(33)34)6-12-40-18-24-43-21-15-37-9-3-29-31-27;1-3-2;1-2/h28-29H,4-27H2,1-3H3,(H,33,41);2-25H2,1H3,(H,29,35);1-24H2,(H,33,34);1H,2H3;2H2,1H3. The lowest BCUT2D eigenvalue weighted by atomic mass is 10.4. The molecule has 55 heteroatoms. The van der Waals surface area contributed by atoms with Gasteiger partial charge in [-0.3, -0.25) is 29.1 Å². The van der Waals surface area contributed by atoms with Crippen molar-refractivity contribution >= 4 is 17.8 Å². The Balaban J connectivity index is -0.00000200. The molecule has 0 unspecified atom stereocenters. The maximum atomic E-state index is 11.2. The van der Waals surface area contributed by atoms with Crippen molar-refractivity contribution in [3.05, 3.63) is 65.6 Å². The van der Waals surface area contributed by atoms with Crippen LogP contribution in [0.4, 0.5) is 0 Å². The van der Waals surface area contributed by atoms with Crippen LogP contribution in [0.1, 0.15) is 37.6 Å². The highest BCUT2D eigenvalue weighted by atomic mass is 16.6. The van der Waals surface area contributed by atoms with Crippen molar-refractivity contribution in [1.29, 1.82) is 0 Å². The van der Waals surface area contributed by atoms with Gasteiger partial charge in [-0.05, 0) is 49.9 Å². The minimum atomic E-state index is -0.888. The molecule has 0 spiro atoms. The Morgan fingerprint density at radius 3 is 0.620 bits per heavy atom. The van der Waals surface area contributed by atoms with Gasteiger partial charge in [0.25, 0.3) is 0 Å². The molecule has 0 saturated carbocycles. The number of carboxylic acid groups (broad SMARTS) is 1. The number of azide groups is 4. The number of carboxylic acids is 1. The van der Waals surface area contributed by atoms with Crippen LogP contribution in [0, 0.1) is 26.2 Å². The van der Waals surface area contributed by atoms with Gasteiger partial charge in [0, 0.05) is 144 Å². The minimum Gasteiger partial charge on any atom is -0.481 e. The van der Waals surface area contributed by atoms with Crippen LogP contribution in [-0.4, -0.2) is 531 Å². The van der Waals surface area contributed by atoms with E-state index in [9.17, 15) is 14.4 Å². The third-order valence-electron chi connectivity index (χ3n) is 17.5. The molecule has 0 aliphatic rings. The van der Waals surface area contributed by atoms with Crippen LogP contribution in [0.15, 0.2) is 32.9 Å². The molecule has 2 rings (SSSR count). The number of aliphatic carboxylic acids is 1. The molecule has 2 aromatic heterocycles. The molecule has 2 heterocycles. The molecule has 0 saturated heterocycles. The fourth-order valence-corrected chi connectivity index (χ4v) is 10.3. The molecule has 55 nitrogen and oxygen atoms in total. The molecule has 0 aliphatic heterocycles. The fourth-order valence-electron chi connectivity index (χ4n) is 10.3. The first-order valence-corrected chi connectivity index (χ1v) is 48.0. The lowest BCUT2D eigenvalue weighted by molar-refractivity contribution is -0.138. The first-order valence-electron chi connectivity index (χ1n) is 48.0. The maximum absolute atomic E-state index is 11.2. The van der Waals surface area contributed by atoms with E-state index in [-0.39, 0.29) is 24.8 Å². The third kappa shape index (κ3) is 116. The zero-order chi connectivity index (χ0) is 104. The molecule has 2 aromatic rings. The third-order valence-corrected chi connectivity index (χ3v) is 17.5. The number of terminal acetylenes is 1. The highest BCUT2D eigenvalue weighted by molar-refractivity contribution is 5.75. The van der Waals surface area contributed by atoms with Crippen molar-refractivity contribution in [2.24, 2.45) is 26.2 Å². The fraction of sp³-hybridized carbons (Fsp3) is 0.897. The Hall–Kier alpha value is -7.75. The summed E-state index contributed by atoms with van der Waals surface area (Å²) in [7, 11) is 4.70. The predicted octanol–water partition coefficient (Wildman–Crippen LogP) is 2.72. The second kappa shape index (κ2) is 122. The minimum absolute atomic E-state index is 0.0212. The summed E-state index contributed by atoms with van der Waals surface area (Å²) in [4.78, 5) is 50.0. The zero-order valence-electron chi connectivity index (χ0n) is 85.3. The van der Waals surface area contributed by atoms with E-state index < -0.39 is 5.97 Å². The monoisotopic (exact) mass is 2050 g/mol. The van der Waals surface area contributed by atoms with Gasteiger partial charge < -0.3 is 149 Å². The smallest absolute Gasteiger partial charge is 0.305 e. The molecular formula is C87H170N24O31. The summed E-state index contributed by atoms with van der Waals surface area (Å²) in [5.41, 5.74) is 39.1. The number of hydrogen-bond acceptors (Lipinski definition) is 42. The summed E-state index contributed by atoms with van der Waals surface area (Å²) in [5, 5.41) is 43.1. The van der Waals surface area contributed by atoms with E-state index in [1.54, 1.807) is 30.4 Å². The van der Waals surface area contributed by atoms with Gasteiger partial charge in [0.15, 0.2) is 0 Å². The van der Waals surface area contributed by atoms with Crippen molar-refractivity contribution in [2.45, 2.75) is 53.1 Å². The van der Waals surface area contributed by atoms with E-state index in [4.69, 9.17) is 155 Å². The predicted molar refractivity (Wildman–Crippen MR) is 521 cm³/mol. The first kappa shape index (κ1) is 138. The number of nitrogens with two attached hydrogens (primary N) is 1. The Labute approximate surface area is 837 Å². The summed E-state index contributed by atoms with van der Waals surface area (Å²) >= 11 is 0. The van der Waals surface area contributed by atoms with Gasteiger partial charge in [0.2, 0.25) is 11.8 Å². The van der Waals surface area contributed by atoms with E-state index in [1.807, 2.05) is 26.2 Å². The van der Waals surface area contributed by atoms with E-state index in [2.05, 4.69) is 104 Å². The maximum Gasteiger partial charge on any atom is 0.305 e. The van der Waals surface area contributed by atoms with Crippen LogP contribution >= 0.6 is 0 Å². The SMILES string of the molecule is C#CC.CN.CNC(=O)CCOCCOCCOCCN(CCOCCOCCOCCN=[N+]=[N-])CCOCCOCCOCCN=[N+]=[N-].CNC(=O)CCOCCOCCOCCN(CCOCCOCCOCCn1cc(C)nn1)CCOCCOCCOCCn1cc(C)nn1.[N-]=[N+]=NCCOCCOCCOCCN(CCOCCOCCOCCN=[N+]=[N-])CCOCCOCCOCCC(=O)O. The van der Waals surface area contributed by atoms with Gasteiger partial charge in [-0.1, -0.05) is 30.9 Å². The van der Waals surface area contributed by atoms with Crippen LogP contribution in [-0.2, 0) is 155 Å². The van der Waals surface area contributed by atoms with E-state index >= 15 is 0 Å². The van der Waals surface area contributed by atoms with Crippen molar-refractivity contribution in [3.63, 3.8) is 0 Å². The molecule has 2 amide bonds. The highest BCUT2D eigenvalue weighted by Crippen LogP contribution is 2.01. The summed E-state index contributed by atoms with van der Waals surface area (Å²) in [6.45, 7) is 39.4. The molecule has 0 bridgehead atoms. The number of aryl methyl sites for hydroxylation is 2. The summed E-state index contributed by atoms with van der Waals surface area (Å²) in [5.74, 6) is 1.27. The van der Waals surface area contributed by atoms with Crippen molar-refractivity contribution in [2.75, 3.05) is 463 Å². The molecule has 0 aromatic carbocycles. The van der Waals surface area contributed by atoms with Crippen LogP contribution < -0.4 is 16.4 Å². The number of amides is 2. The second-order valence-electron chi connectivity index (χ2n) is 28.4. The molecule has 0 atom stereocenters. The van der Waals surface area contributed by atoms with Gasteiger partial charge in [-0.15, -0.1) is 22.5 Å². The normalized spacial score (nSPS) is 10.9. The zero-order valence-corrected chi connectivity index (χ0v) is 85.3. The molecular weight excluding hydrogens is 1880 g/mol. The van der Waals surface area contributed by atoms with Crippen LogP contribution in [0.5, 0.6) is 0 Å². The Bertz CT molecular complexity index is 3060.